The van der Waals surface area contributed by atoms with Crippen LogP contribution in [0.4, 0.5) is 17.6 Å². The van der Waals surface area contributed by atoms with E-state index in [1.54, 1.807) is 12.1 Å². The minimum atomic E-state index is -4.81. The van der Waals surface area contributed by atoms with E-state index in [0.29, 0.717) is 22.8 Å². The van der Waals surface area contributed by atoms with Gasteiger partial charge in [0.05, 0.1) is 6.16 Å². The largest absolute Gasteiger partial charge is 0.573 e. The van der Waals surface area contributed by atoms with E-state index in [1.165, 1.54) is 35.5 Å². The molecule has 1 aliphatic rings. The Morgan fingerprint density at radius 2 is 1.73 bits per heavy atom. The molecule has 1 fully saturated rings. The van der Waals surface area contributed by atoms with Gasteiger partial charge in [-0.2, -0.15) is 0 Å². The van der Waals surface area contributed by atoms with Crippen LogP contribution >= 0.6 is 19.4 Å². The van der Waals surface area contributed by atoms with Gasteiger partial charge >= 0.3 is 14.0 Å². The van der Waals surface area contributed by atoms with Crippen molar-refractivity contribution in [3.8, 4) is 5.75 Å². The van der Waals surface area contributed by atoms with Crippen LogP contribution in [0.3, 0.4) is 0 Å². The third-order valence-corrected chi connectivity index (χ3v) is 8.73. The van der Waals surface area contributed by atoms with Gasteiger partial charge in [0.1, 0.15) is 11.6 Å². The number of rotatable bonds is 14. The molecule has 3 rings (SSSR count). The van der Waals surface area contributed by atoms with E-state index in [1.807, 2.05) is 12.1 Å². The molecule has 0 unspecified atom stereocenters. The summed E-state index contributed by atoms with van der Waals surface area (Å²) in [5.41, 5.74) is 1.82. The lowest BCUT2D eigenvalue weighted by molar-refractivity contribution is -0.275. The molecule has 0 saturated heterocycles. The zero-order valence-electron chi connectivity index (χ0n) is 20.6. The zero-order valence-corrected chi connectivity index (χ0v) is 22.3. The fourth-order valence-electron chi connectivity index (χ4n) is 4.91. The molecule has 2 aromatic rings. The lowest BCUT2D eigenvalue weighted by Gasteiger charge is -2.30. The van der Waals surface area contributed by atoms with Gasteiger partial charge in [-0.05, 0) is 85.2 Å². The normalized spacial score (nSPS) is 15.7. The number of thioether (sulfide) groups is 1. The molecule has 2 aromatic carbocycles. The molecule has 0 heterocycles. The number of nitrogens with one attached hydrogen (secondary N) is 1. The second-order valence-electron chi connectivity index (χ2n) is 9.55. The summed E-state index contributed by atoms with van der Waals surface area (Å²) in [4.78, 5) is 18.2. The lowest BCUT2D eigenvalue weighted by atomic mass is 9.75. The maximum atomic E-state index is 13.4. The van der Waals surface area contributed by atoms with Crippen molar-refractivity contribution in [3.05, 3.63) is 59.4 Å². The third kappa shape index (κ3) is 10.2. The van der Waals surface area contributed by atoms with Crippen LogP contribution in [0.15, 0.2) is 47.4 Å². The number of benzene rings is 2. The molecule has 0 spiro atoms. The van der Waals surface area contributed by atoms with Crippen LogP contribution in [0.2, 0.25) is 0 Å². The maximum Gasteiger partial charge on any atom is 0.573 e. The van der Waals surface area contributed by atoms with Crippen LogP contribution in [-0.2, 0) is 16.5 Å². The number of ether oxygens (including phenoxy) is 1. The fraction of sp³-hybridized carbons (Fsp3) is 0.538. The van der Waals surface area contributed by atoms with Crippen molar-refractivity contribution < 1.29 is 36.7 Å². The molecular formula is C26H34F4NO4PS. The first-order valence-electron chi connectivity index (χ1n) is 12.5. The molecule has 5 nitrogen and oxygen atoms in total. The van der Waals surface area contributed by atoms with Gasteiger partial charge in [-0.3, -0.25) is 4.57 Å². The zero-order chi connectivity index (χ0) is 26.9. The Balaban J connectivity index is 1.52. The van der Waals surface area contributed by atoms with E-state index < -0.39 is 14.0 Å². The lowest BCUT2D eigenvalue weighted by Crippen LogP contribution is -2.22. The molecule has 0 aliphatic heterocycles. The quantitative estimate of drug-likeness (QED) is 0.0980. The first-order valence-corrected chi connectivity index (χ1v) is 15.3. The van der Waals surface area contributed by atoms with Crippen molar-refractivity contribution in [2.24, 2.45) is 0 Å². The highest BCUT2D eigenvalue weighted by atomic mass is 32.2. The first-order chi connectivity index (χ1) is 17.5. The molecule has 1 aliphatic carbocycles. The van der Waals surface area contributed by atoms with E-state index in [-0.39, 0.29) is 36.1 Å². The summed E-state index contributed by atoms with van der Waals surface area (Å²) < 4.78 is 67.6. The summed E-state index contributed by atoms with van der Waals surface area (Å²) in [6.07, 6.45) is 2.37. The van der Waals surface area contributed by atoms with Crippen LogP contribution in [0.5, 0.6) is 5.75 Å². The van der Waals surface area contributed by atoms with Crippen molar-refractivity contribution in [2.45, 2.75) is 74.6 Å². The topological polar surface area (TPSA) is 78.8 Å². The Morgan fingerprint density at radius 1 is 1.03 bits per heavy atom. The van der Waals surface area contributed by atoms with Gasteiger partial charge in [-0.15, -0.1) is 24.9 Å². The van der Waals surface area contributed by atoms with Crippen molar-refractivity contribution in [1.82, 2.24) is 5.32 Å². The van der Waals surface area contributed by atoms with Crippen LogP contribution in [0.25, 0.3) is 0 Å². The minimum Gasteiger partial charge on any atom is -0.405 e. The van der Waals surface area contributed by atoms with E-state index in [9.17, 15) is 22.1 Å². The van der Waals surface area contributed by atoms with E-state index in [2.05, 4.69) is 10.1 Å². The average molecular weight is 564 g/mol. The summed E-state index contributed by atoms with van der Waals surface area (Å²) in [5, 5.41) is 2.98. The predicted molar refractivity (Wildman–Crippen MR) is 137 cm³/mol. The highest BCUT2D eigenvalue weighted by Crippen LogP contribution is 2.45. The second-order valence-corrected chi connectivity index (χ2v) is 12.5. The van der Waals surface area contributed by atoms with Gasteiger partial charge in [0.2, 0.25) is 0 Å². The smallest absolute Gasteiger partial charge is 0.405 e. The Hall–Kier alpha value is -1.58. The summed E-state index contributed by atoms with van der Waals surface area (Å²) in [6.45, 7) is 0.586. The van der Waals surface area contributed by atoms with Crippen molar-refractivity contribution in [2.75, 3.05) is 18.5 Å². The molecular weight excluding hydrogens is 529 g/mol. The number of halogens is 4. The molecule has 0 aromatic heterocycles. The standard InChI is InChI=1S/C26H34F4NO4PS/c27-22-9-7-21(8-10-22)25(12-1-2-13-25)14-3-4-17-37-24-11-6-20(18-23(24)35-26(28,29)30)19-31-15-5-16-36(32,33)34/h6-11,18,31H,1-5,12-17,19H2,(H2,32,33,34). The number of unbranched alkanes of at least 4 members (excludes halogenated alkanes) is 1. The molecule has 0 atom stereocenters. The Labute approximate surface area is 219 Å². The Morgan fingerprint density at radius 3 is 2.38 bits per heavy atom. The molecule has 0 radical (unpaired) electrons. The predicted octanol–water partition coefficient (Wildman–Crippen LogP) is 7.16. The van der Waals surface area contributed by atoms with Crippen molar-refractivity contribution in [1.29, 1.82) is 0 Å². The van der Waals surface area contributed by atoms with Crippen LogP contribution in [0.1, 0.15) is 62.5 Å². The van der Waals surface area contributed by atoms with Gasteiger partial charge in [0, 0.05) is 11.4 Å². The highest BCUT2D eigenvalue weighted by molar-refractivity contribution is 7.99. The number of hydrogen-bond acceptors (Lipinski definition) is 4. The fourth-order valence-corrected chi connectivity index (χ4v) is 6.46. The summed E-state index contributed by atoms with van der Waals surface area (Å²) in [7, 11) is -4.06. The number of hydrogen-bond donors (Lipinski definition) is 3. The summed E-state index contributed by atoms with van der Waals surface area (Å²) >= 11 is 1.33. The SMILES string of the molecule is O=P(O)(O)CCCNCc1ccc(SCCCCC2(c3ccc(F)cc3)CCCC2)c(OC(F)(F)F)c1. The maximum absolute atomic E-state index is 13.4. The summed E-state index contributed by atoms with van der Waals surface area (Å²) in [5.74, 6) is 0.158. The number of alkyl halides is 3. The van der Waals surface area contributed by atoms with Gasteiger partial charge in [0.25, 0.3) is 0 Å². The molecule has 0 bridgehead atoms. The van der Waals surface area contributed by atoms with E-state index in [0.717, 1.165) is 44.9 Å². The van der Waals surface area contributed by atoms with E-state index >= 15 is 0 Å². The van der Waals surface area contributed by atoms with Gasteiger partial charge in [-0.25, -0.2) is 4.39 Å². The van der Waals surface area contributed by atoms with Gasteiger partial charge < -0.3 is 19.8 Å². The average Bonchev–Trinajstić information content (AvgIpc) is 3.28. The van der Waals surface area contributed by atoms with Crippen LogP contribution in [0, 0.1) is 5.82 Å². The molecule has 0 amide bonds. The minimum absolute atomic E-state index is 0.0584. The third-order valence-electron chi connectivity index (χ3n) is 6.69. The van der Waals surface area contributed by atoms with Crippen LogP contribution < -0.4 is 10.1 Å². The van der Waals surface area contributed by atoms with Gasteiger partial charge in [-0.1, -0.05) is 37.5 Å². The molecule has 37 heavy (non-hydrogen) atoms. The Kier molecular flexibility index (Phi) is 10.9. The highest BCUT2D eigenvalue weighted by Gasteiger charge is 2.35. The molecule has 11 heteroatoms. The van der Waals surface area contributed by atoms with Crippen molar-refractivity contribution >= 4 is 19.4 Å². The molecule has 3 N–H and O–H groups in total. The van der Waals surface area contributed by atoms with Crippen molar-refractivity contribution in [3.63, 3.8) is 0 Å². The van der Waals surface area contributed by atoms with E-state index in [4.69, 9.17) is 9.79 Å². The second kappa shape index (κ2) is 13.5. The molecule has 1 saturated carbocycles. The first kappa shape index (κ1) is 30.0. The van der Waals surface area contributed by atoms with Gasteiger partial charge in [0.15, 0.2) is 0 Å². The molecule has 206 valence electrons. The van der Waals surface area contributed by atoms with Crippen LogP contribution in [-0.4, -0.2) is 34.6 Å². The summed E-state index contributed by atoms with van der Waals surface area (Å²) in [6, 6.07) is 11.5. The Bertz CT molecular complexity index is 1040. The monoisotopic (exact) mass is 563 g/mol.